The summed E-state index contributed by atoms with van der Waals surface area (Å²) in [4.78, 5) is 5.25. The molecule has 98 valence electrons. The molecule has 0 atom stereocenters. The fourth-order valence-corrected chi connectivity index (χ4v) is 3.69. The van der Waals surface area contributed by atoms with E-state index in [9.17, 15) is 0 Å². The average molecular weight is 236 g/mol. The van der Waals surface area contributed by atoms with Crippen molar-refractivity contribution in [3.63, 3.8) is 0 Å². The first-order valence-corrected chi connectivity index (χ1v) is 7.50. The van der Waals surface area contributed by atoms with Crippen molar-refractivity contribution < 1.29 is 0 Å². The van der Waals surface area contributed by atoms with Crippen LogP contribution in [0.4, 0.5) is 0 Å². The molecule has 0 bridgehead atoms. The first-order chi connectivity index (χ1) is 8.09. The summed E-state index contributed by atoms with van der Waals surface area (Å²) in [5.41, 5.74) is 1.44. The molecule has 0 unspecified atom stereocenters. The molecule has 2 heterocycles. The third-order valence-corrected chi connectivity index (χ3v) is 5.67. The van der Waals surface area contributed by atoms with Gasteiger partial charge in [0, 0.05) is 6.54 Å². The van der Waals surface area contributed by atoms with E-state index in [2.05, 4.69) is 23.8 Å². The highest BCUT2D eigenvalue weighted by molar-refractivity contribution is 4.95. The normalized spacial score (nSPS) is 32.8. The van der Waals surface area contributed by atoms with E-state index >= 15 is 0 Å². The number of hydrogen-bond donors (Lipinski definition) is 0. The van der Waals surface area contributed by atoms with Crippen molar-refractivity contribution in [2.24, 2.45) is 10.8 Å². The van der Waals surface area contributed by atoms with E-state index in [4.69, 9.17) is 0 Å². The fraction of sp³-hybridized carbons (Fsp3) is 1.00. The molecule has 1 saturated carbocycles. The third kappa shape index (κ3) is 2.68. The van der Waals surface area contributed by atoms with E-state index in [1.165, 1.54) is 71.2 Å². The highest BCUT2D eigenvalue weighted by Crippen LogP contribution is 2.47. The van der Waals surface area contributed by atoms with E-state index in [0.29, 0.717) is 5.41 Å². The summed E-state index contributed by atoms with van der Waals surface area (Å²) in [5, 5.41) is 0. The summed E-state index contributed by atoms with van der Waals surface area (Å²) in [6.45, 7) is 9.25. The average Bonchev–Trinajstić information content (AvgIpc) is 3.04. The minimum atomic E-state index is 0.706. The van der Waals surface area contributed by atoms with Gasteiger partial charge in [0.15, 0.2) is 0 Å². The standard InChI is InChI=1S/C15H28N2/c1-14(3-4-14)13-17-11-7-15(8-12-17)5-9-16(2)10-6-15/h3-13H2,1-2H3. The second kappa shape index (κ2) is 4.24. The lowest BCUT2D eigenvalue weighted by molar-refractivity contribution is 0.0366. The van der Waals surface area contributed by atoms with Gasteiger partial charge in [-0.3, -0.25) is 0 Å². The van der Waals surface area contributed by atoms with Gasteiger partial charge >= 0.3 is 0 Å². The van der Waals surface area contributed by atoms with Crippen molar-refractivity contribution in [3.05, 3.63) is 0 Å². The van der Waals surface area contributed by atoms with Crippen LogP contribution in [0.1, 0.15) is 45.4 Å². The van der Waals surface area contributed by atoms with Crippen molar-refractivity contribution in [1.29, 1.82) is 0 Å². The van der Waals surface area contributed by atoms with E-state index in [-0.39, 0.29) is 0 Å². The lowest BCUT2D eigenvalue weighted by atomic mass is 9.71. The lowest BCUT2D eigenvalue weighted by Gasteiger charge is -2.46. The monoisotopic (exact) mass is 236 g/mol. The first-order valence-electron chi connectivity index (χ1n) is 7.50. The molecule has 0 aromatic heterocycles. The second-order valence-electron chi connectivity index (χ2n) is 7.39. The molecule has 2 saturated heterocycles. The van der Waals surface area contributed by atoms with Gasteiger partial charge in [-0.25, -0.2) is 0 Å². The Balaban J connectivity index is 1.49. The van der Waals surface area contributed by atoms with Crippen molar-refractivity contribution in [2.75, 3.05) is 39.8 Å². The predicted octanol–water partition coefficient (Wildman–Crippen LogP) is 2.59. The lowest BCUT2D eigenvalue weighted by Crippen LogP contribution is -2.46. The van der Waals surface area contributed by atoms with Crippen LogP contribution < -0.4 is 0 Å². The summed E-state index contributed by atoms with van der Waals surface area (Å²) in [6.07, 6.45) is 8.79. The molecule has 3 fully saturated rings. The number of hydrogen-bond acceptors (Lipinski definition) is 2. The summed E-state index contributed by atoms with van der Waals surface area (Å²) in [6, 6.07) is 0. The second-order valence-corrected chi connectivity index (χ2v) is 7.39. The van der Waals surface area contributed by atoms with Gasteiger partial charge in [0.25, 0.3) is 0 Å². The molecule has 3 aliphatic rings. The van der Waals surface area contributed by atoms with E-state index in [1.54, 1.807) is 0 Å². The molecule has 0 radical (unpaired) electrons. The number of likely N-dealkylation sites (tertiary alicyclic amines) is 2. The van der Waals surface area contributed by atoms with Crippen LogP contribution in [0.3, 0.4) is 0 Å². The minimum absolute atomic E-state index is 0.706. The Labute approximate surface area is 106 Å². The molecule has 2 nitrogen and oxygen atoms in total. The molecule has 2 heteroatoms. The van der Waals surface area contributed by atoms with Crippen LogP contribution in [-0.2, 0) is 0 Å². The molecule has 0 aromatic rings. The smallest absolute Gasteiger partial charge is 0.00353 e. The maximum atomic E-state index is 2.75. The number of piperidine rings is 2. The molecule has 17 heavy (non-hydrogen) atoms. The fourth-order valence-electron chi connectivity index (χ4n) is 3.69. The Bertz CT molecular complexity index is 265. The highest BCUT2D eigenvalue weighted by atomic mass is 15.2. The van der Waals surface area contributed by atoms with E-state index in [1.807, 2.05) is 0 Å². The number of rotatable bonds is 2. The van der Waals surface area contributed by atoms with Gasteiger partial charge in [-0.2, -0.15) is 0 Å². The molecule has 1 spiro atoms. The Morgan fingerprint density at radius 3 is 1.88 bits per heavy atom. The van der Waals surface area contributed by atoms with Crippen LogP contribution in [0.15, 0.2) is 0 Å². The maximum absolute atomic E-state index is 2.75. The molecule has 0 amide bonds. The van der Waals surface area contributed by atoms with Crippen molar-refractivity contribution in [1.82, 2.24) is 9.80 Å². The van der Waals surface area contributed by atoms with Crippen molar-refractivity contribution >= 4 is 0 Å². The zero-order valence-electron chi connectivity index (χ0n) is 11.7. The number of nitrogens with zero attached hydrogens (tertiary/aromatic N) is 2. The van der Waals surface area contributed by atoms with Gasteiger partial charge in [0.2, 0.25) is 0 Å². The van der Waals surface area contributed by atoms with Crippen LogP contribution in [0.2, 0.25) is 0 Å². The molecule has 1 aliphatic carbocycles. The Morgan fingerprint density at radius 1 is 0.824 bits per heavy atom. The Kier molecular flexibility index (Phi) is 2.99. The Morgan fingerprint density at radius 2 is 1.35 bits per heavy atom. The topological polar surface area (TPSA) is 6.48 Å². The Hall–Kier alpha value is -0.0800. The van der Waals surface area contributed by atoms with Crippen LogP contribution in [0, 0.1) is 10.8 Å². The summed E-state index contributed by atoms with van der Waals surface area (Å²) in [7, 11) is 2.27. The molecule has 0 N–H and O–H groups in total. The van der Waals surface area contributed by atoms with Crippen molar-refractivity contribution in [3.8, 4) is 0 Å². The van der Waals surface area contributed by atoms with Crippen LogP contribution in [0.5, 0.6) is 0 Å². The van der Waals surface area contributed by atoms with Gasteiger partial charge in [-0.05, 0) is 82.6 Å². The molecular formula is C15H28N2. The third-order valence-electron chi connectivity index (χ3n) is 5.67. The maximum Gasteiger partial charge on any atom is 0.00353 e. The summed E-state index contributed by atoms with van der Waals surface area (Å²) < 4.78 is 0. The van der Waals surface area contributed by atoms with Gasteiger partial charge in [0.05, 0.1) is 0 Å². The predicted molar refractivity (Wildman–Crippen MR) is 72.2 cm³/mol. The molecule has 0 aromatic carbocycles. The largest absolute Gasteiger partial charge is 0.306 e. The molecule has 2 aliphatic heterocycles. The summed E-state index contributed by atoms with van der Waals surface area (Å²) >= 11 is 0. The molecular weight excluding hydrogens is 208 g/mol. The van der Waals surface area contributed by atoms with E-state index < -0.39 is 0 Å². The van der Waals surface area contributed by atoms with Gasteiger partial charge < -0.3 is 9.80 Å². The first kappa shape index (κ1) is 12.0. The highest BCUT2D eigenvalue weighted by Gasteiger charge is 2.42. The minimum Gasteiger partial charge on any atom is -0.306 e. The van der Waals surface area contributed by atoms with Gasteiger partial charge in [-0.15, -0.1) is 0 Å². The van der Waals surface area contributed by atoms with Crippen LogP contribution in [-0.4, -0.2) is 49.6 Å². The zero-order chi connectivity index (χ0) is 11.9. The van der Waals surface area contributed by atoms with E-state index in [0.717, 1.165) is 5.41 Å². The molecule has 3 rings (SSSR count). The van der Waals surface area contributed by atoms with Gasteiger partial charge in [-0.1, -0.05) is 6.92 Å². The van der Waals surface area contributed by atoms with Gasteiger partial charge in [0.1, 0.15) is 0 Å². The summed E-state index contributed by atoms with van der Waals surface area (Å²) in [5.74, 6) is 0. The quantitative estimate of drug-likeness (QED) is 0.727. The SMILES string of the molecule is CN1CCC2(CC1)CCN(CC1(C)CC1)CC2. The van der Waals surface area contributed by atoms with Crippen molar-refractivity contribution in [2.45, 2.75) is 45.4 Å². The van der Waals surface area contributed by atoms with Crippen LogP contribution in [0.25, 0.3) is 0 Å². The van der Waals surface area contributed by atoms with Crippen LogP contribution >= 0.6 is 0 Å². The zero-order valence-corrected chi connectivity index (χ0v) is 11.7.